The fourth-order valence-corrected chi connectivity index (χ4v) is 2.78. The van der Waals surface area contributed by atoms with E-state index in [9.17, 15) is 4.39 Å². The third-order valence-corrected chi connectivity index (χ3v) is 4.02. The summed E-state index contributed by atoms with van der Waals surface area (Å²) in [5.74, 6) is 0.563. The Morgan fingerprint density at radius 3 is 2.65 bits per heavy atom. The first-order valence-electron chi connectivity index (χ1n) is 7.35. The van der Waals surface area contributed by atoms with Crippen LogP contribution >= 0.6 is 0 Å². The maximum atomic E-state index is 13.2. The zero-order valence-corrected chi connectivity index (χ0v) is 13.4. The lowest BCUT2D eigenvalue weighted by Crippen LogP contribution is -2.29. The molecule has 1 atom stereocenters. The number of fused-ring (bicyclic) bond motifs is 1. The lowest BCUT2D eigenvalue weighted by Gasteiger charge is -2.29. The number of halogens is 1. The fraction of sp³-hybridized carbons (Fsp3) is 0.294. The van der Waals surface area contributed by atoms with Crippen molar-refractivity contribution in [1.82, 2.24) is 14.5 Å². The van der Waals surface area contributed by atoms with Gasteiger partial charge in [-0.15, -0.1) is 0 Å². The van der Waals surface area contributed by atoms with Crippen LogP contribution in [0.2, 0.25) is 0 Å². The molecule has 0 aliphatic carbocycles. The van der Waals surface area contributed by atoms with E-state index in [1.807, 2.05) is 35.8 Å². The Morgan fingerprint density at radius 2 is 1.96 bits per heavy atom. The maximum Gasteiger partial charge on any atom is 0.156 e. The molecule has 1 aromatic carbocycles. The van der Waals surface area contributed by atoms with Crippen LogP contribution in [0, 0.1) is 5.82 Å². The van der Waals surface area contributed by atoms with E-state index in [2.05, 4.69) is 9.97 Å². The molecular weight excluding hydrogens is 295 g/mol. The number of aryl methyl sites for hydroxylation is 1. The number of hydrogen-bond acceptors (Lipinski definition) is 4. The highest BCUT2D eigenvalue weighted by molar-refractivity contribution is 5.86. The van der Waals surface area contributed by atoms with E-state index in [-0.39, 0.29) is 11.9 Å². The van der Waals surface area contributed by atoms with Crippen molar-refractivity contribution in [2.24, 2.45) is 7.05 Å². The zero-order valence-electron chi connectivity index (χ0n) is 13.4. The van der Waals surface area contributed by atoms with Crippen molar-refractivity contribution in [3.8, 4) is 0 Å². The second-order valence-corrected chi connectivity index (χ2v) is 5.49. The summed E-state index contributed by atoms with van der Waals surface area (Å²) < 4.78 is 20.6. The summed E-state index contributed by atoms with van der Waals surface area (Å²) in [6.45, 7) is 0.470. The maximum absolute atomic E-state index is 13.2. The molecule has 5 nitrogen and oxygen atoms in total. The Hall–Kier alpha value is -2.47. The minimum Gasteiger partial charge on any atom is -0.382 e. The largest absolute Gasteiger partial charge is 0.382 e. The minimum atomic E-state index is -0.251. The number of rotatable bonds is 5. The van der Waals surface area contributed by atoms with Gasteiger partial charge in [-0.2, -0.15) is 0 Å². The van der Waals surface area contributed by atoms with Crippen LogP contribution in [-0.2, 0) is 11.8 Å². The highest BCUT2D eigenvalue weighted by Gasteiger charge is 2.21. The van der Waals surface area contributed by atoms with Gasteiger partial charge in [0, 0.05) is 27.4 Å². The Labute approximate surface area is 134 Å². The smallest absolute Gasteiger partial charge is 0.156 e. The highest BCUT2D eigenvalue weighted by atomic mass is 19.1. The number of likely N-dealkylation sites (N-methyl/N-ethyl adjacent to an activating group) is 1. The number of aromatic nitrogens is 3. The number of nitrogens with zero attached hydrogens (tertiary/aromatic N) is 4. The summed E-state index contributed by atoms with van der Waals surface area (Å²) in [6.07, 6.45) is 3.52. The van der Waals surface area contributed by atoms with Crippen LogP contribution in [0.4, 0.5) is 10.2 Å². The monoisotopic (exact) mass is 314 g/mol. The molecule has 6 heteroatoms. The Kier molecular flexibility index (Phi) is 4.25. The van der Waals surface area contributed by atoms with E-state index in [1.165, 1.54) is 12.1 Å². The molecule has 0 bridgehead atoms. The van der Waals surface area contributed by atoms with Crippen molar-refractivity contribution in [1.29, 1.82) is 0 Å². The van der Waals surface area contributed by atoms with E-state index in [0.717, 1.165) is 22.4 Å². The molecule has 0 aliphatic heterocycles. The predicted octanol–water partition coefficient (Wildman–Crippen LogP) is 2.93. The number of methoxy groups -OCH3 is 1. The molecule has 0 N–H and O–H groups in total. The Balaban J connectivity index is 2.05. The van der Waals surface area contributed by atoms with Crippen molar-refractivity contribution in [2.45, 2.75) is 6.04 Å². The standard InChI is InChI=1S/C17H19FN4O/c1-21-9-8-14-16(21)17(20-11-19-14)22(2)15(10-23-3)12-4-6-13(18)7-5-12/h4-9,11,15H,10H2,1-3H3. The summed E-state index contributed by atoms with van der Waals surface area (Å²) in [5.41, 5.74) is 2.81. The van der Waals surface area contributed by atoms with Gasteiger partial charge in [0.15, 0.2) is 5.82 Å². The zero-order chi connectivity index (χ0) is 16.4. The molecule has 0 aliphatic rings. The molecule has 3 rings (SSSR count). The predicted molar refractivity (Wildman–Crippen MR) is 87.9 cm³/mol. The summed E-state index contributed by atoms with van der Waals surface area (Å²) in [7, 11) is 5.58. The molecule has 0 spiro atoms. The number of hydrogen-bond donors (Lipinski definition) is 0. The van der Waals surface area contributed by atoms with Gasteiger partial charge in [0.05, 0.1) is 18.2 Å². The average Bonchev–Trinajstić information content (AvgIpc) is 2.95. The summed E-state index contributed by atoms with van der Waals surface area (Å²) in [5, 5.41) is 0. The minimum absolute atomic E-state index is 0.0754. The van der Waals surface area contributed by atoms with Crippen LogP contribution in [0.25, 0.3) is 11.0 Å². The molecule has 0 amide bonds. The molecule has 1 unspecified atom stereocenters. The van der Waals surface area contributed by atoms with Gasteiger partial charge in [-0.1, -0.05) is 12.1 Å². The number of benzene rings is 1. The Bertz CT molecular complexity index is 800. The fourth-order valence-electron chi connectivity index (χ4n) is 2.78. The van der Waals surface area contributed by atoms with Crippen molar-refractivity contribution < 1.29 is 9.13 Å². The van der Waals surface area contributed by atoms with Crippen molar-refractivity contribution in [3.63, 3.8) is 0 Å². The van der Waals surface area contributed by atoms with Crippen molar-refractivity contribution in [2.75, 3.05) is 25.7 Å². The molecule has 0 saturated heterocycles. The topological polar surface area (TPSA) is 43.2 Å². The Morgan fingerprint density at radius 1 is 1.22 bits per heavy atom. The first-order valence-corrected chi connectivity index (χ1v) is 7.35. The van der Waals surface area contributed by atoms with Gasteiger partial charge in [0.2, 0.25) is 0 Å². The molecule has 2 aromatic heterocycles. The van der Waals surface area contributed by atoms with Crippen LogP contribution < -0.4 is 4.90 Å². The summed E-state index contributed by atoms with van der Waals surface area (Å²) in [6, 6.07) is 8.36. The lowest BCUT2D eigenvalue weighted by atomic mass is 10.1. The lowest BCUT2D eigenvalue weighted by molar-refractivity contribution is 0.178. The molecule has 0 radical (unpaired) electrons. The molecule has 0 saturated carbocycles. The van der Waals surface area contributed by atoms with Crippen LogP contribution in [0.3, 0.4) is 0 Å². The molecule has 0 fully saturated rings. The summed E-state index contributed by atoms with van der Waals surface area (Å²) >= 11 is 0. The third kappa shape index (κ3) is 2.90. The van der Waals surface area contributed by atoms with Gasteiger partial charge in [-0.25, -0.2) is 14.4 Å². The first-order chi connectivity index (χ1) is 11.1. The average molecular weight is 314 g/mol. The van der Waals surface area contributed by atoms with Crippen LogP contribution in [-0.4, -0.2) is 35.3 Å². The van der Waals surface area contributed by atoms with Gasteiger partial charge >= 0.3 is 0 Å². The SMILES string of the molecule is COCC(c1ccc(F)cc1)N(C)c1ncnc2ccn(C)c12. The van der Waals surface area contributed by atoms with E-state index < -0.39 is 0 Å². The number of ether oxygens (including phenoxy) is 1. The number of anilines is 1. The van der Waals surface area contributed by atoms with Crippen LogP contribution in [0.5, 0.6) is 0 Å². The van der Waals surface area contributed by atoms with Crippen molar-refractivity contribution >= 4 is 16.9 Å². The second kappa shape index (κ2) is 6.34. The van der Waals surface area contributed by atoms with Gasteiger partial charge in [-0.05, 0) is 23.8 Å². The van der Waals surface area contributed by atoms with Crippen LogP contribution in [0.1, 0.15) is 11.6 Å². The molecular formula is C17H19FN4O. The van der Waals surface area contributed by atoms with Crippen molar-refractivity contribution in [3.05, 3.63) is 54.2 Å². The third-order valence-electron chi connectivity index (χ3n) is 4.02. The quantitative estimate of drug-likeness (QED) is 0.726. The van der Waals surface area contributed by atoms with E-state index in [0.29, 0.717) is 6.61 Å². The summed E-state index contributed by atoms with van der Waals surface area (Å²) in [4.78, 5) is 10.8. The first kappa shape index (κ1) is 15.4. The van der Waals surface area contributed by atoms with Gasteiger partial charge in [-0.3, -0.25) is 0 Å². The van der Waals surface area contributed by atoms with E-state index in [1.54, 1.807) is 25.6 Å². The van der Waals surface area contributed by atoms with Crippen LogP contribution in [0.15, 0.2) is 42.9 Å². The molecule has 120 valence electrons. The molecule has 23 heavy (non-hydrogen) atoms. The van der Waals surface area contributed by atoms with E-state index >= 15 is 0 Å². The highest BCUT2D eigenvalue weighted by Crippen LogP contribution is 2.29. The normalized spacial score (nSPS) is 12.5. The van der Waals surface area contributed by atoms with Gasteiger partial charge in [0.1, 0.15) is 17.7 Å². The molecule has 2 heterocycles. The molecule has 3 aromatic rings. The van der Waals surface area contributed by atoms with Gasteiger partial charge in [0.25, 0.3) is 0 Å². The van der Waals surface area contributed by atoms with E-state index in [4.69, 9.17) is 4.74 Å². The second-order valence-electron chi connectivity index (χ2n) is 5.49. The van der Waals surface area contributed by atoms with Gasteiger partial charge < -0.3 is 14.2 Å².